The first-order chi connectivity index (χ1) is 11.5. The van der Waals surface area contributed by atoms with Crippen molar-refractivity contribution < 1.29 is 4.79 Å². The van der Waals surface area contributed by atoms with Crippen LogP contribution < -0.4 is 0 Å². The summed E-state index contributed by atoms with van der Waals surface area (Å²) in [4.78, 5) is 12.3. The zero-order chi connectivity index (χ0) is 17.1. The normalized spacial score (nSPS) is 10.8. The fourth-order valence-corrected chi connectivity index (χ4v) is 3.16. The second-order valence-corrected chi connectivity index (χ2v) is 6.81. The molecule has 1 aromatic heterocycles. The number of halogens is 2. The molecule has 0 radical (unpaired) electrons. The predicted molar refractivity (Wildman–Crippen MR) is 95.4 cm³/mol. The highest BCUT2D eigenvalue weighted by atomic mass is 35.5. The average Bonchev–Trinajstić information content (AvgIpc) is 3.03. The lowest BCUT2D eigenvalue weighted by Gasteiger charge is -2.05. The molecule has 5 nitrogen and oxygen atoms in total. The van der Waals surface area contributed by atoms with Gasteiger partial charge in [-0.15, -0.1) is 5.10 Å². The summed E-state index contributed by atoms with van der Waals surface area (Å²) in [7, 11) is 0. The number of ketones is 1. The smallest absolute Gasteiger partial charge is 0.214 e. The Hall–Kier alpha value is -1.89. The molecule has 0 fully saturated rings. The van der Waals surface area contributed by atoms with E-state index in [1.165, 1.54) is 11.8 Å². The van der Waals surface area contributed by atoms with E-state index in [0.29, 0.717) is 20.8 Å². The van der Waals surface area contributed by atoms with E-state index in [1.54, 1.807) is 22.9 Å². The monoisotopic (exact) mass is 378 g/mol. The summed E-state index contributed by atoms with van der Waals surface area (Å²) in [6, 6.07) is 12.6. The summed E-state index contributed by atoms with van der Waals surface area (Å²) in [6.45, 7) is 1.99. The van der Waals surface area contributed by atoms with E-state index in [2.05, 4.69) is 15.5 Å². The van der Waals surface area contributed by atoms with Gasteiger partial charge in [-0.2, -0.15) is 4.68 Å². The topological polar surface area (TPSA) is 60.7 Å². The third kappa shape index (κ3) is 3.77. The molecular weight excluding hydrogens is 367 g/mol. The van der Waals surface area contributed by atoms with Crippen molar-refractivity contribution in [3.63, 3.8) is 0 Å². The molecule has 3 aromatic rings. The Morgan fingerprint density at radius 3 is 2.75 bits per heavy atom. The van der Waals surface area contributed by atoms with Gasteiger partial charge in [0.15, 0.2) is 5.78 Å². The molecule has 3 rings (SSSR count). The molecular formula is C16H12Cl2N4OS. The standard InChI is InChI=1S/C16H12Cl2N4OS/c1-10-3-2-4-12(7-10)22-16(19-20-21-22)24-9-15(23)11-5-6-13(17)14(18)8-11/h2-8H,9H2,1H3. The lowest BCUT2D eigenvalue weighted by atomic mass is 10.1. The van der Waals surface area contributed by atoms with Crippen LogP contribution >= 0.6 is 35.0 Å². The van der Waals surface area contributed by atoms with E-state index < -0.39 is 0 Å². The van der Waals surface area contributed by atoms with Crippen LogP contribution in [0.15, 0.2) is 47.6 Å². The number of Topliss-reactive ketones (excluding diaryl/α,β-unsaturated/α-hetero) is 1. The highest BCUT2D eigenvalue weighted by Gasteiger charge is 2.13. The SMILES string of the molecule is Cc1cccc(-n2nnnc2SCC(=O)c2ccc(Cl)c(Cl)c2)c1. The molecule has 0 amide bonds. The maximum Gasteiger partial charge on any atom is 0.214 e. The Balaban J connectivity index is 1.75. The molecule has 0 saturated heterocycles. The van der Waals surface area contributed by atoms with E-state index in [1.807, 2.05) is 31.2 Å². The number of aromatic nitrogens is 4. The summed E-state index contributed by atoms with van der Waals surface area (Å²) in [6.07, 6.45) is 0. The molecule has 122 valence electrons. The van der Waals surface area contributed by atoms with E-state index in [-0.39, 0.29) is 11.5 Å². The van der Waals surface area contributed by atoms with Gasteiger partial charge >= 0.3 is 0 Å². The van der Waals surface area contributed by atoms with Crippen LogP contribution in [-0.4, -0.2) is 31.7 Å². The number of carbonyl (C=O) groups excluding carboxylic acids is 1. The number of hydrogen-bond acceptors (Lipinski definition) is 5. The molecule has 0 aliphatic rings. The van der Waals surface area contributed by atoms with Crippen molar-refractivity contribution in [2.24, 2.45) is 0 Å². The number of benzene rings is 2. The highest BCUT2D eigenvalue weighted by Crippen LogP contribution is 2.24. The van der Waals surface area contributed by atoms with Gasteiger partial charge in [0.1, 0.15) is 0 Å². The number of tetrazole rings is 1. The van der Waals surface area contributed by atoms with E-state index in [9.17, 15) is 4.79 Å². The Kier molecular flexibility index (Phi) is 5.18. The summed E-state index contributed by atoms with van der Waals surface area (Å²) in [5.41, 5.74) is 2.46. The second kappa shape index (κ2) is 7.34. The summed E-state index contributed by atoms with van der Waals surface area (Å²) in [5.74, 6) is 0.127. The molecule has 2 aromatic carbocycles. The zero-order valence-electron chi connectivity index (χ0n) is 12.6. The van der Waals surface area contributed by atoms with E-state index in [4.69, 9.17) is 23.2 Å². The van der Waals surface area contributed by atoms with Crippen LogP contribution in [-0.2, 0) is 0 Å². The molecule has 0 spiro atoms. The third-order valence-electron chi connectivity index (χ3n) is 3.26. The van der Waals surface area contributed by atoms with Gasteiger partial charge in [-0.25, -0.2) is 0 Å². The minimum atomic E-state index is -0.0719. The third-order valence-corrected chi connectivity index (χ3v) is 4.92. The van der Waals surface area contributed by atoms with E-state index in [0.717, 1.165) is 11.3 Å². The van der Waals surface area contributed by atoms with Crippen molar-refractivity contribution in [1.82, 2.24) is 20.2 Å². The molecule has 0 atom stereocenters. The van der Waals surface area contributed by atoms with Gasteiger partial charge < -0.3 is 0 Å². The van der Waals surface area contributed by atoms with Crippen LogP contribution in [0, 0.1) is 6.92 Å². The van der Waals surface area contributed by atoms with Crippen molar-refractivity contribution >= 4 is 40.7 Å². The molecule has 0 saturated carbocycles. The Morgan fingerprint density at radius 1 is 1.17 bits per heavy atom. The van der Waals surface area contributed by atoms with Gasteiger partial charge in [-0.1, -0.05) is 47.1 Å². The van der Waals surface area contributed by atoms with Crippen molar-refractivity contribution in [2.75, 3.05) is 5.75 Å². The number of carbonyl (C=O) groups is 1. The lowest BCUT2D eigenvalue weighted by Crippen LogP contribution is -2.05. The first-order valence-electron chi connectivity index (χ1n) is 7.01. The van der Waals surface area contributed by atoms with Crippen LogP contribution in [0.1, 0.15) is 15.9 Å². The number of rotatable bonds is 5. The summed E-state index contributed by atoms with van der Waals surface area (Å²) in [5, 5.41) is 13.0. The molecule has 24 heavy (non-hydrogen) atoms. The van der Waals surface area contributed by atoms with Crippen LogP contribution in [0.5, 0.6) is 0 Å². The first kappa shape index (κ1) is 17.0. The van der Waals surface area contributed by atoms with Gasteiger partial charge in [-0.05, 0) is 53.2 Å². The zero-order valence-corrected chi connectivity index (χ0v) is 14.9. The first-order valence-corrected chi connectivity index (χ1v) is 8.75. The Labute approximate surface area is 153 Å². The molecule has 8 heteroatoms. The van der Waals surface area contributed by atoms with Gasteiger partial charge in [0.05, 0.1) is 21.5 Å². The van der Waals surface area contributed by atoms with Crippen molar-refractivity contribution in [3.8, 4) is 5.69 Å². The number of thioether (sulfide) groups is 1. The van der Waals surface area contributed by atoms with Gasteiger partial charge in [-0.3, -0.25) is 4.79 Å². The molecule has 0 unspecified atom stereocenters. The maximum absolute atomic E-state index is 12.3. The van der Waals surface area contributed by atoms with E-state index >= 15 is 0 Å². The predicted octanol–water partition coefficient (Wildman–Crippen LogP) is 4.25. The molecule has 0 bridgehead atoms. The molecule has 1 heterocycles. The minimum absolute atomic E-state index is 0.0719. The minimum Gasteiger partial charge on any atom is -0.293 e. The fourth-order valence-electron chi connectivity index (χ4n) is 2.07. The number of aryl methyl sites for hydroxylation is 1. The quantitative estimate of drug-likeness (QED) is 0.490. The van der Waals surface area contributed by atoms with Crippen LogP contribution in [0.4, 0.5) is 0 Å². The van der Waals surface area contributed by atoms with Crippen LogP contribution in [0.25, 0.3) is 5.69 Å². The average molecular weight is 379 g/mol. The highest BCUT2D eigenvalue weighted by molar-refractivity contribution is 7.99. The van der Waals surface area contributed by atoms with Gasteiger partial charge in [0, 0.05) is 5.56 Å². The Morgan fingerprint density at radius 2 is 2.00 bits per heavy atom. The van der Waals surface area contributed by atoms with Crippen molar-refractivity contribution in [2.45, 2.75) is 12.1 Å². The number of nitrogens with zero attached hydrogens (tertiary/aromatic N) is 4. The largest absolute Gasteiger partial charge is 0.293 e. The molecule has 0 N–H and O–H groups in total. The van der Waals surface area contributed by atoms with Gasteiger partial charge in [0.25, 0.3) is 0 Å². The number of hydrogen-bond donors (Lipinski definition) is 0. The van der Waals surface area contributed by atoms with Crippen LogP contribution in [0.2, 0.25) is 10.0 Å². The fraction of sp³-hybridized carbons (Fsp3) is 0.125. The second-order valence-electron chi connectivity index (χ2n) is 5.05. The van der Waals surface area contributed by atoms with Crippen molar-refractivity contribution in [3.05, 3.63) is 63.6 Å². The molecule has 0 aliphatic carbocycles. The van der Waals surface area contributed by atoms with Crippen molar-refractivity contribution in [1.29, 1.82) is 0 Å². The van der Waals surface area contributed by atoms with Gasteiger partial charge in [0.2, 0.25) is 5.16 Å². The maximum atomic E-state index is 12.3. The summed E-state index contributed by atoms with van der Waals surface area (Å²) >= 11 is 13.1. The lowest BCUT2D eigenvalue weighted by molar-refractivity contribution is 0.102. The summed E-state index contributed by atoms with van der Waals surface area (Å²) < 4.78 is 1.61. The Bertz CT molecular complexity index is 897. The molecule has 0 aliphatic heterocycles. The van der Waals surface area contributed by atoms with Crippen LogP contribution in [0.3, 0.4) is 0 Å².